The van der Waals surface area contributed by atoms with Crippen LogP contribution in [0.3, 0.4) is 0 Å². The zero-order chi connectivity index (χ0) is 19.0. The topological polar surface area (TPSA) is 69.2 Å². The molecule has 0 aliphatic carbocycles. The number of hydrogen-bond donors (Lipinski definition) is 0. The second-order valence-electron chi connectivity index (χ2n) is 8.26. The van der Waals surface area contributed by atoms with E-state index in [0.29, 0.717) is 17.5 Å². The molecule has 1 aromatic carbocycles. The average Bonchev–Trinajstić information content (AvgIpc) is 2.44. The molecule has 0 spiro atoms. The van der Waals surface area contributed by atoms with Crippen molar-refractivity contribution >= 4 is 9.84 Å². The van der Waals surface area contributed by atoms with Crippen molar-refractivity contribution in [2.45, 2.75) is 57.3 Å². The summed E-state index contributed by atoms with van der Waals surface area (Å²) in [6.45, 7) is 12.4. The third-order valence-corrected chi connectivity index (χ3v) is 4.74. The first-order chi connectivity index (χ1) is 11.3. The molecule has 5 nitrogen and oxygen atoms in total. The Morgan fingerprint density at radius 2 is 1.44 bits per heavy atom. The minimum Gasteiger partial charge on any atom is -0.439 e. The average molecular weight is 362 g/mol. The maximum atomic E-state index is 11.6. The molecule has 0 saturated heterocycles. The number of ether oxygens (including phenoxy) is 1. The van der Waals surface area contributed by atoms with E-state index in [1.165, 1.54) is 18.4 Å². The van der Waals surface area contributed by atoms with E-state index < -0.39 is 9.84 Å². The number of aromatic nitrogens is 2. The molecule has 136 valence electrons. The number of benzene rings is 1. The van der Waals surface area contributed by atoms with Gasteiger partial charge in [0, 0.05) is 23.2 Å². The Balaban J connectivity index is 2.42. The third-order valence-electron chi connectivity index (χ3n) is 3.62. The van der Waals surface area contributed by atoms with Gasteiger partial charge in [-0.2, -0.15) is 4.98 Å². The van der Waals surface area contributed by atoms with Gasteiger partial charge in [0.2, 0.25) is 5.88 Å². The second kappa shape index (κ2) is 6.41. The maximum Gasteiger partial charge on any atom is 0.222 e. The van der Waals surface area contributed by atoms with Gasteiger partial charge in [-0.1, -0.05) is 41.5 Å². The van der Waals surface area contributed by atoms with Crippen LogP contribution in [0.2, 0.25) is 0 Å². The molecule has 0 unspecified atom stereocenters. The predicted molar refractivity (Wildman–Crippen MR) is 99.1 cm³/mol. The predicted octanol–water partition coefficient (Wildman–Crippen LogP) is 4.27. The highest BCUT2D eigenvalue weighted by Crippen LogP contribution is 2.29. The summed E-state index contributed by atoms with van der Waals surface area (Å²) in [5, 5.41) is 0. The van der Waals surface area contributed by atoms with Gasteiger partial charge in [0.15, 0.2) is 9.84 Å². The Hall–Kier alpha value is -1.95. The summed E-state index contributed by atoms with van der Waals surface area (Å²) in [7, 11) is -3.23. The number of rotatable bonds is 3. The normalized spacial score (nSPS) is 12.9. The Bertz CT molecular complexity index is 827. The Kier molecular flexibility index (Phi) is 4.97. The number of sulfone groups is 1. The van der Waals surface area contributed by atoms with Crippen LogP contribution in [0.25, 0.3) is 0 Å². The Labute approximate surface area is 150 Å². The summed E-state index contributed by atoms with van der Waals surface area (Å²) in [4.78, 5) is 9.48. The summed E-state index contributed by atoms with van der Waals surface area (Å²) >= 11 is 0. The summed E-state index contributed by atoms with van der Waals surface area (Å²) in [5.74, 6) is 1.70. The van der Waals surface area contributed by atoms with Crippen LogP contribution in [0, 0.1) is 0 Å². The van der Waals surface area contributed by atoms with Crippen LogP contribution in [0.4, 0.5) is 0 Å². The highest BCUT2D eigenvalue weighted by atomic mass is 32.2. The molecule has 6 heteroatoms. The summed E-state index contributed by atoms with van der Waals surface area (Å²) in [6, 6.07) is 8.15. The van der Waals surface area contributed by atoms with E-state index in [-0.39, 0.29) is 15.7 Å². The third kappa shape index (κ3) is 5.01. The minimum absolute atomic E-state index is 0.138. The fourth-order valence-electron chi connectivity index (χ4n) is 2.07. The Morgan fingerprint density at radius 1 is 0.880 bits per heavy atom. The van der Waals surface area contributed by atoms with Crippen molar-refractivity contribution in [1.82, 2.24) is 9.97 Å². The lowest BCUT2D eigenvalue weighted by atomic mass is 9.90. The van der Waals surface area contributed by atoms with Gasteiger partial charge in [-0.15, -0.1) is 0 Å². The smallest absolute Gasteiger partial charge is 0.222 e. The highest BCUT2D eigenvalue weighted by molar-refractivity contribution is 7.90. The maximum absolute atomic E-state index is 11.6. The van der Waals surface area contributed by atoms with E-state index in [4.69, 9.17) is 9.72 Å². The fraction of sp³-hybridized carbons (Fsp3) is 0.474. The molecule has 0 N–H and O–H groups in total. The molecule has 25 heavy (non-hydrogen) atoms. The van der Waals surface area contributed by atoms with Crippen molar-refractivity contribution in [3.05, 3.63) is 41.9 Å². The zero-order valence-corrected chi connectivity index (χ0v) is 16.7. The van der Waals surface area contributed by atoms with E-state index in [2.05, 4.69) is 46.5 Å². The van der Waals surface area contributed by atoms with Crippen molar-refractivity contribution in [1.29, 1.82) is 0 Å². The van der Waals surface area contributed by atoms with Crippen molar-refractivity contribution in [2.75, 3.05) is 6.26 Å². The van der Waals surface area contributed by atoms with Crippen LogP contribution in [-0.2, 0) is 20.7 Å². The molecule has 0 bridgehead atoms. The first kappa shape index (κ1) is 19.4. The molecular formula is C19H26N2O3S. The molecule has 1 heterocycles. The lowest BCUT2D eigenvalue weighted by molar-refractivity contribution is 0.435. The SMILES string of the molecule is CC(C)(C)c1cc(Oc2ccc(S(C)(=O)=O)cc2)nc(C(C)(C)C)n1. The molecule has 0 fully saturated rings. The molecule has 0 saturated carbocycles. The van der Waals surface area contributed by atoms with Gasteiger partial charge in [0.25, 0.3) is 0 Å². The second-order valence-corrected chi connectivity index (χ2v) is 10.3. The summed E-state index contributed by atoms with van der Waals surface area (Å²) in [5.41, 5.74) is 0.552. The Morgan fingerprint density at radius 3 is 1.88 bits per heavy atom. The molecule has 1 aromatic heterocycles. The molecule has 0 aliphatic rings. The van der Waals surface area contributed by atoms with E-state index in [0.717, 1.165) is 5.69 Å². The fourth-order valence-corrected chi connectivity index (χ4v) is 2.70. The van der Waals surface area contributed by atoms with Crippen LogP contribution in [0.5, 0.6) is 11.6 Å². The standard InChI is InChI=1S/C19H26N2O3S/c1-18(2,3)15-12-16(21-17(20-15)19(4,5)6)24-13-8-10-14(11-9-13)25(7,22)23/h8-12H,1-7H3. The van der Waals surface area contributed by atoms with Gasteiger partial charge in [-0.05, 0) is 24.3 Å². The van der Waals surface area contributed by atoms with E-state index in [9.17, 15) is 8.42 Å². The van der Waals surface area contributed by atoms with Gasteiger partial charge in [0.1, 0.15) is 11.6 Å². The van der Waals surface area contributed by atoms with E-state index in [1.54, 1.807) is 12.1 Å². The zero-order valence-electron chi connectivity index (χ0n) is 15.9. The lowest BCUT2D eigenvalue weighted by Crippen LogP contribution is -2.21. The van der Waals surface area contributed by atoms with Crippen molar-refractivity contribution < 1.29 is 13.2 Å². The van der Waals surface area contributed by atoms with Crippen molar-refractivity contribution in [3.63, 3.8) is 0 Å². The number of nitrogens with zero attached hydrogens (tertiary/aromatic N) is 2. The molecule has 0 amide bonds. The largest absolute Gasteiger partial charge is 0.439 e. The van der Waals surface area contributed by atoms with Gasteiger partial charge in [-0.25, -0.2) is 13.4 Å². The molecular weight excluding hydrogens is 336 g/mol. The lowest BCUT2D eigenvalue weighted by Gasteiger charge is -2.23. The first-order valence-electron chi connectivity index (χ1n) is 8.15. The molecule has 0 atom stereocenters. The molecule has 0 radical (unpaired) electrons. The van der Waals surface area contributed by atoms with E-state index in [1.807, 2.05) is 6.07 Å². The quantitative estimate of drug-likeness (QED) is 0.815. The molecule has 2 aromatic rings. The van der Waals surface area contributed by atoms with Crippen molar-refractivity contribution in [2.24, 2.45) is 0 Å². The summed E-state index contributed by atoms with van der Waals surface area (Å²) < 4.78 is 29.0. The summed E-state index contributed by atoms with van der Waals surface area (Å²) in [6.07, 6.45) is 1.18. The van der Waals surface area contributed by atoms with Crippen LogP contribution in [0.15, 0.2) is 35.2 Å². The minimum atomic E-state index is -3.23. The number of hydrogen-bond acceptors (Lipinski definition) is 5. The van der Waals surface area contributed by atoms with Gasteiger partial charge >= 0.3 is 0 Å². The van der Waals surface area contributed by atoms with Gasteiger partial charge in [0.05, 0.1) is 10.6 Å². The van der Waals surface area contributed by atoms with Gasteiger partial charge in [-0.3, -0.25) is 0 Å². The monoisotopic (exact) mass is 362 g/mol. The first-order valence-corrected chi connectivity index (χ1v) is 10.0. The van der Waals surface area contributed by atoms with Gasteiger partial charge < -0.3 is 4.74 Å². The van der Waals surface area contributed by atoms with Crippen LogP contribution < -0.4 is 4.74 Å². The highest BCUT2D eigenvalue weighted by Gasteiger charge is 2.24. The van der Waals surface area contributed by atoms with Crippen LogP contribution in [0.1, 0.15) is 53.1 Å². The molecule has 2 rings (SSSR count). The van der Waals surface area contributed by atoms with E-state index >= 15 is 0 Å². The molecule has 0 aliphatic heterocycles. The van der Waals surface area contributed by atoms with Crippen LogP contribution >= 0.6 is 0 Å². The van der Waals surface area contributed by atoms with Crippen molar-refractivity contribution in [3.8, 4) is 11.6 Å². The van der Waals surface area contributed by atoms with Crippen LogP contribution in [-0.4, -0.2) is 24.6 Å².